The third kappa shape index (κ3) is 3.26. The molecule has 0 amide bonds. The molecule has 2 aliphatic heterocycles. The summed E-state index contributed by atoms with van der Waals surface area (Å²) in [5.41, 5.74) is 1.71. The molecule has 2 aromatic rings. The van der Waals surface area contributed by atoms with Crippen LogP contribution in [-0.2, 0) is 23.5 Å². The molecule has 30 heavy (non-hydrogen) atoms. The maximum absolute atomic E-state index is 14.5. The summed E-state index contributed by atoms with van der Waals surface area (Å²) in [6.45, 7) is -1.18. The zero-order valence-corrected chi connectivity index (χ0v) is 17.6. The molecule has 1 aromatic heterocycles. The molecule has 3 aliphatic rings. The fraction of sp³-hybridized carbons (Fsp3) is 0.474. The van der Waals surface area contributed by atoms with E-state index in [9.17, 15) is 22.1 Å². The molecule has 5 rings (SSSR count). The summed E-state index contributed by atoms with van der Waals surface area (Å²) >= 11 is 0.221. The highest BCUT2D eigenvalue weighted by Crippen LogP contribution is 2.46. The average Bonchev–Trinajstić information content (AvgIpc) is 3.16. The minimum Gasteiger partial charge on any atom is -0.611 e. The van der Waals surface area contributed by atoms with Crippen LogP contribution in [-0.4, -0.2) is 45.5 Å². The number of nitrogens with zero attached hydrogens (tertiary/aromatic N) is 3. The Morgan fingerprint density at radius 3 is 2.70 bits per heavy atom. The van der Waals surface area contributed by atoms with E-state index in [1.54, 1.807) is 12.1 Å². The van der Waals surface area contributed by atoms with E-state index < -0.39 is 36.1 Å². The molecule has 1 fully saturated rings. The fourth-order valence-corrected chi connectivity index (χ4v) is 6.26. The molecule has 1 aromatic carbocycles. The summed E-state index contributed by atoms with van der Waals surface area (Å²) in [5.74, 6) is -5.66. The number of aromatic nitrogens is 2. The number of alkyl halides is 4. The molecular formula is C19H18F4N4OS2. The largest absolute Gasteiger partial charge is 0.611 e. The standard InChI is InChI=1S/C19H18F4N4OS2/c1-29-26-13-7-30(28)14-6-10(2-3-11(13)14)15-12-4-5-19(22,23)16(12)25-17(24-15)27-8-18(20,21)9-27/h2-3,6,13,26H,4-5,7-9H2,1H3. The predicted octanol–water partition coefficient (Wildman–Crippen LogP) is 3.67. The summed E-state index contributed by atoms with van der Waals surface area (Å²) < 4.78 is 71.4. The topological polar surface area (TPSA) is 64.1 Å². The molecule has 1 N–H and O–H groups in total. The molecule has 5 nitrogen and oxygen atoms in total. The Labute approximate surface area is 178 Å². The number of rotatable bonds is 4. The molecule has 1 saturated heterocycles. The Kier molecular flexibility index (Phi) is 4.73. The van der Waals surface area contributed by atoms with Crippen LogP contribution in [0.5, 0.6) is 0 Å². The van der Waals surface area contributed by atoms with Crippen molar-refractivity contribution in [1.82, 2.24) is 14.7 Å². The molecule has 2 atom stereocenters. The number of nitrogens with one attached hydrogen (secondary N) is 1. The number of anilines is 1. The van der Waals surface area contributed by atoms with Gasteiger partial charge in [-0.2, -0.15) is 8.78 Å². The van der Waals surface area contributed by atoms with Crippen LogP contribution < -0.4 is 9.62 Å². The number of fused-ring (bicyclic) bond motifs is 2. The second-order valence-electron chi connectivity index (χ2n) is 7.76. The molecule has 0 saturated carbocycles. The first-order valence-electron chi connectivity index (χ1n) is 9.42. The van der Waals surface area contributed by atoms with E-state index in [0.717, 1.165) is 5.56 Å². The lowest BCUT2D eigenvalue weighted by molar-refractivity contribution is -0.0275. The van der Waals surface area contributed by atoms with Gasteiger partial charge in [-0.05, 0) is 23.9 Å². The van der Waals surface area contributed by atoms with Crippen molar-refractivity contribution in [2.24, 2.45) is 0 Å². The van der Waals surface area contributed by atoms with Crippen LogP contribution in [0.4, 0.5) is 23.5 Å². The molecule has 0 radical (unpaired) electrons. The van der Waals surface area contributed by atoms with Crippen molar-refractivity contribution in [3.05, 3.63) is 35.0 Å². The molecule has 0 bridgehead atoms. The number of hydrogen-bond acceptors (Lipinski definition) is 6. The van der Waals surface area contributed by atoms with Crippen LogP contribution in [0.15, 0.2) is 23.1 Å². The molecule has 2 unspecified atom stereocenters. The van der Waals surface area contributed by atoms with Gasteiger partial charge >= 0.3 is 0 Å². The minimum atomic E-state index is -3.12. The monoisotopic (exact) mass is 458 g/mol. The molecule has 11 heteroatoms. The van der Waals surface area contributed by atoms with Crippen molar-refractivity contribution in [2.45, 2.75) is 35.6 Å². The first kappa shape index (κ1) is 20.3. The zero-order valence-electron chi connectivity index (χ0n) is 15.9. The van der Waals surface area contributed by atoms with E-state index in [-0.39, 0.29) is 30.5 Å². The Bertz CT molecular complexity index is 1010. The Hall–Kier alpha value is -1.56. The van der Waals surface area contributed by atoms with Crippen molar-refractivity contribution in [2.75, 3.05) is 30.0 Å². The molecular weight excluding hydrogens is 440 g/mol. The molecule has 1 aliphatic carbocycles. The van der Waals surface area contributed by atoms with Gasteiger partial charge in [0.1, 0.15) is 11.4 Å². The summed E-state index contributed by atoms with van der Waals surface area (Å²) in [6.07, 6.45) is 1.60. The Balaban J connectivity index is 1.60. The highest BCUT2D eigenvalue weighted by atomic mass is 32.2. The van der Waals surface area contributed by atoms with Crippen molar-refractivity contribution in [3.63, 3.8) is 0 Å². The highest BCUT2D eigenvalue weighted by Gasteiger charge is 2.48. The fourth-order valence-electron chi connectivity index (χ4n) is 4.18. The third-order valence-corrected chi connectivity index (χ3v) is 7.64. The second kappa shape index (κ2) is 6.98. The smallest absolute Gasteiger partial charge is 0.290 e. The normalized spacial score (nSPS) is 25.7. The van der Waals surface area contributed by atoms with Crippen LogP contribution in [0.2, 0.25) is 0 Å². The van der Waals surface area contributed by atoms with Crippen LogP contribution >= 0.6 is 11.9 Å². The lowest BCUT2D eigenvalue weighted by atomic mass is 10.0. The highest BCUT2D eigenvalue weighted by molar-refractivity contribution is 7.96. The molecule has 160 valence electrons. The molecule has 3 heterocycles. The first-order chi connectivity index (χ1) is 14.2. The van der Waals surface area contributed by atoms with Gasteiger partial charge in [-0.25, -0.2) is 18.7 Å². The maximum atomic E-state index is 14.5. The van der Waals surface area contributed by atoms with Gasteiger partial charge in [0.15, 0.2) is 4.90 Å². The Morgan fingerprint density at radius 1 is 1.23 bits per heavy atom. The number of benzene rings is 1. The second-order valence-corrected chi connectivity index (χ2v) is 9.86. The van der Waals surface area contributed by atoms with Crippen molar-refractivity contribution >= 4 is 29.1 Å². The van der Waals surface area contributed by atoms with Gasteiger partial charge in [0, 0.05) is 29.2 Å². The summed E-state index contributed by atoms with van der Waals surface area (Å²) in [4.78, 5) is 10.2. The van der Waals surface area contributed by atoms with Crippen LogP contribution in [0, 0.1) is 0 Å². The minimum absolute atomic E-state index is 0.0517. The maximum Gasteiger partial charge on any atom is 0.290 e. The van der Waals surface area contributed by atoms with Gasteiger partial charge in [0.2, 0.25) is 5.95 Å². The van der Waals surface area contributed by atoms with Crippen LogP contribution in [0.25, 0.3) is 11.3 Å². The van der Waals surface area contributed by atoms with E-state index in [1.807, 2.05) is 12.3 Å². The SMILES string of the molecule is CSNC1C[S+]([O-])c2cc(-c3nc(N4CC(F)(F)C4)nc4c3CCC4(F)F)ccc21. The summed E-state index contributed by atoms with van der Waals surface area (Å²) in [6, 6.07) is 5.28. The zero-order chi connectivity index (χ0) is 21.3. The van der Waals surface area contributed by atoms with Gasteiger partial charge in [-0.15, -0.1) is 0 Å². The summed E-state index contributed by atoms with van der Waals surface area (Å²) in [5, 5.41) is 0. The van der Waals surface area contributed by atoms with Crippen molar-refractivity contribution < 1.29 is 22.1 Å². The summed E-state index contributed by atoms with van der Waals surface area (Å²) in [7, 11) is 0. The van der Waals surface area contributed by atoms with Crippen molar-refractivity contribution in [3.8, 4) is 11.3 Å². The third-order valence-electron chi connectivity index (χ3n) is 5.64. The van der Waals surface area contributed by atoms with Gasteiger partial charge in [-0.1, -0.05) is 24.1 Å². The van der Waals surface area contributed by atoms with Gasteiger partial charge in [-0.3, -0.25) is 4.72 Å². The van der Waals surface area contributed by atoms with Crippen molar-refractivity contribution in [1.29, 1.82) is 0 Å². The van der Waals surface area contributed by atoms with Crippen LogP contribution in [0.3, 0.4) is 0 Å². The average molecular weight is 459 g/mol. The first-order valence-corrected chi connectivity index (χ1v) is 12.0. The van der Waals surface area contributed by atoms with Gasteiger partial charge in [0.05, 0.1) is 24.8 Å². The van der Waals surface area contributed by atoms with Gasteiger partial charge < -0.3 is 9.45 Å². The number of hydrogen-bond donors (Lipinski definition) is 1. The van der Waals surface area contributed by atoms with E-state index in [4.69, 9.17) is 0 Å². The lowest BCUT2D eigenvalue weighted by Gasteiger charge is -2.39. The quantitative estimate of drug-likeness (QED) is 0.429. The predicted molar refractivity (Wildman–Crippen MR) is 108 cm³/mol. The van der Waals surface area contributed by atoms with Gasteiger partial charge in [0.25, 0.3) is 11.8 Å². The lowest BCUT2D eigenvalue weighted by Crippen LogP contribution is -2.57. The van der Waals surface area contributed by atoms with E-state index >= 15 is 0 Å². The Morgan fingerprint density at radius 2 is 2.00 bits per heavy atom. The van der Waals surface area contributed by atoms with Crippen LogP contribution in [0.1, 0.15) is 29.3 Å². The van der Waals surface area contributed by atoms with E-state index in [2.05, 4.69) is 14.7 Å². The van der Waals surface area contributed by atoms with E-state index in [0.29, 0.717) is 27.5 Å². The number of halogens is 4. The van der Waals surface area contributed by atoms with E-state index in [1.165, 1.54) is 16.8 Å². The molecule has 0 spiro atoms.